The number of aryl methyl sites for hydroxylation is 1. The van der Waals surface area contributed by atoms with Gasteiger partial charge in [0.25, 0.3) is 0 Å². The molecule has 0 aromatic carbocycles. The number of hydrogen-bond donors (Lipinski definition) is 1. The number of nitrogens with two attached hydrogens (primary N) is 1. The molecule has 1 aromatic heterocycles. The van der Waals surface area contributed by atoms with Crippen LogP contribution < -0.4 is 10.6 Å². The van der Waals surface area contributed by atoms with Crippen molar-refractivity contribution >= 4 is 17.6 Å². The zero-order valence-electron chi connectivity index (χ0n) is 10.5. The summed E-state index contributed by atoms with van der Waals surface area (Å²) in [4.78, 5) is 6.80. The van der Waals surface area contributed by atoms with Crippen molar-refractivity contribution in [1.82, 2.24) is 4.98 Å². The van der Waals surface area contributed by atoms with Crippen molar-refractivity contribution in [2.45, 2.75) is 26.4 Å². The molecule has 0 aliphatic carbocycles. The fourth-order valence-corrected chi connectivity index (χ4v) is 2.27. The van der Waals surface area contributed by atoms with Gasteiger partial charge in [-0.1, -0.05) is 6.07 Å². The van der Waals surface area contributed by atoms with Crippen LogP contribution in [0.5, 0.6) is 0 Å². The molecule has 3 nitrogen and oxygen atoms in total. The molecule has 0 radical (unpaired) electrons. The molecule has 1 rings (SSSR count). The van der Waals surface area contributed by atoms with Crippen molar-refractivity contribution in [2.75, 3.05) is 24.0 Å². The van der Waals surface area contributed by atoms with E-state index < -0.39 is 0 Å². The molecule has 0 aliphatic rings. The van der Waals surface area contributed by atoms with Crippen LogP contribution in [-0.2, 0) is 6.54 Å². The summed E-state index contributed by atoms with van der Waals surface area (Å²) in [5.74, 6) is 2.13. The van der Waals surface area contributed by atoms with Gasteiger partial charge in [0.05, 0.1) is 0 Å². The molecule has 0 aliphatic heterocycles. The first kappa shape index (κ1) is 13.3. The van der Waals surface area contributed by atoms with E-state index in [-0.39, 0.29) is 0 Å². The summed E-state index contributed by atoms with van der Waals surface area (Å²) in [5, 5.41) is 0. The lowest BCUT2D eigenvalue weighted by molar-refractivity contribution is 0.750. The molecule has 0 bridgehead atoms. The number of nitrogens with zero attached hydrogens (tertiary/aromatic N) is 2. The number of hydrogen-bond acceptors (Lipinski definition) is 4. The molecular weight excluding hydrogens is 218 g/mol. The van der Waals surface area contributed by atoms with E-state index in [9.17, 15) is 0 Å². The average molecular weight is 239 g/mol. The standard InChI is InChI=1S/C12H21N3S/c1-9(8-16-4)15(3)12-6-5-11(7-13)10(2)14-12/h5-6,9H,7-8,13H2,1-4H3. The lowest BCUT2D eigenvalue weighted by Gasteiger charge is -2.26. The van der Waals surface area contributed by atoms with Crippen molar-refractivity contribution in [3.63, 3.8) is 0 Å². The normalized spacial score (nSPS) is 12.6. The van der Waals surface area contributed by atoms with E-state index in [1.165, 1.54) is 0 Å². The van der Waals surface area contributed by atoms with Gasteiger partial charge in [-0.3, -0.25) is 0 Å². The Hall–Kier alpha value is -0.740. The van der Waals surface area contributed by atoms with Gasteiger partial charge in [-0.2, -0.15) is 11.8 Å². The van der Waals surface area contributed by atoms with Crippen LogP contribution in [0.1, 0.15) is 18.2 Å². The summed E-state index contributed by atoms with van der Waals surface area (Å²) in [6, 6.07) is 4.61. The molecule has 0 spiro atoms. The first-order chi connectivity index (χ1) is 7.60. The Bertz CT molecular complexity index is 341. The number of pyridine rings is 1. The number of rotatable bonds is 5. The Morgan fingerprint density at radius 1 is 1.50 bits per heavy atom. The summed E-state index contributed by atoms with van der Waals surface area (Å²) in [5.41, 5.74) is 7.78. The van der Waals surface area contributed by atoms with E-state index in [1.807, 2.05) is 24.8 Å². The molecule has 16 heavy (non-hydrogen) atoms. The Morgan fingerprint density at radius 2 is 2.19 bits per heavy atom. The molecule has 2 N–H and O–H groups in total. The van der Waals surface area contributed by atoms with Crippen LogP contribution in [0.4, 0.5) is 5.82 Å². The highest BCUT2D eigenvalue weighted by Gasteiger charge is 2.11. The Morgan fingerprint density at radius 3 is 2.69 bits per heavy atom. The van der Waals surface area contributed by atoms with Gasteiger partial charge in [-0.05, 0) is 31.7 Å². The molecule has 0 saturated carbocycles. The van der Waals surface area contributed by atoms with Crippen molar-refractivity contribution in [1.29, 1.82) is 0 Å². The SMILES string of the molecule is CSCC(C)N(C)c1ccc(CN)c(C)n1. The summed E-state index contributed by atoms with van der Waals surface area (Å²) in [6.45, 7) is 4.78. The van der Waals surface area contributed by atoms with Crippen LogP contribution in [0.25, 0.3) is 0 Å². The summed E-state index contributed by atoms with van der Waals surface area (Å²) in [6.07, 6.45) is 2.13. The third kappa shape index (κ3) is 3.12. The van der Waals surface area contributed by atoms with E-state index in [0.29, 0.717) is 12.6 Å². The second-order valence-corrected chi connectivity index (χ2v) is 4.94. The zero-order chi connectivity index (χ0) is 12.1. The topological polar surface area (TPSA) is 42.1 Å². The molecule has 0 fully saturated rings. The van der Waals surface area contributed by atoms with Gasteiger partial charge >= 0.3 is 0 Å². The number of aromatic nitrogens is 1. The average Bonchev–Trinajstić information content (AvgIpc) is 2.28. The van der Waals surface area contributed by atoms with Crippen molar-refractivity contribution in [3.05, 3.63) is 23.4 Å². The highest BCUT2D eigenvalue weighted by molar-refractivity contribution is 7.98. The van der Waals surface area contributed by atoms with Crippen molar-refractivity contribution < 1.29 is 0 Å². The Balaban J connectivity index is 2.84. The molecule has 1 aromatic rings. The second-order valence-electron chi connectivity index (χ2n) is 4.03. The van der Waals surface area contributed by atoms with Crippen molar-refractivity contribution in [2.24, 2.45) is 5.73 Å². The van der Waals surface area contributed by atoms with Gasteiger partial charge in [0.1, 0.15) is 5.82 Å². The van der Waals surface area contributed by atoms with Gasteiger partial charge in [0.15, 0.2) is 0 Å². The van der Waals surface area contributed by atoms with Gasteiger partial charge in [0.2, 0.25) is 0 Å². The van der Waals surface area contributed by atoms with E-state index in [0.717, 1.165) is 22.8 Å². The third-order valence-electron chi connectivity index (χ3n) is 2.83. The van der Waals surface area contributed by atoms with E-state index >= 15 is 0 Å². The van der Waals surface area contributed by atoms with E-state index in [4.69, 9.17) is 5.73 Å². The van der Waals surface area contributed by atoms with Gasteiger partial charge in [-0.15, -0.1) is 0 Å². The Labute approximate surface area is 102 Å². The maximum absolute atomic E-state index is 5.63. The minimum atomic E-state index is 0.491. The smallest absolute Gasteiger partial charge is 0.128 e. The largest absolute Gasteiger partial charge is 0.356 e. The minimum Gasteiger partial charge on any atom is -0.356 e. The molecule has 4 heteroatoms. The molecule has 1 atom stereocenters. The third-order valence-corrected chi connectivity index (χ3v) is 3.65. The fraction of sp³-hybridized carbons (Fsp3) is 0.583. The van der Waals surface area contributed by atoms with Crippen LogP contribution in [0.15, 0.2) is 12.1 Å². The van der Waals surface area contributed by atoms with Crippen LogP contribution in [-0.4, -0.2) is 30.1 Å². The quantitative estimate of drug-likeness (QED) is 0.854. The van der Waals surface area contributed by atoms with Gasteiger partial charge in [-0.25, -0.2) is 4.98 Å². The highest BCUT2D eigenvalue weighted by atomic mass is 32.2. The fourth-order valence-electron chi connectivity index (χ4n) is 1.57. The molecule has 0 saturated heterocycles. The van der Waals surface area contributed by atoms with Crippen molar-refractivity contribution in [3.8, 4) is 0 Å². The first-order valence-electron chi connectivity index (χ1n) is 5.48. The monoisotopic (exact) mass is 239 g/mol. The Kier molecular flexibility index (Phi) is 5.09. The summed E-state index contributed by atoms with van der Waals surface area (Å²) in [7, 11) is 2.09. The summed E-state index contributed by atoms with van der Waals surface area (Å²) < 4.78 is 0. The summed E-state index contributed by atoms with van der Waals surface area (Å²) >= 11 is 1.86. The number of thioether (sulfide) groups is 1. The molecule has 1 unspecified atom stereocenters. The van der Waals surface area contributed by atoms with Gasteiger partial charge < -0.3 is 10.6 Å². The predicted molar refractivity (Wildman–Crippen MR) is 73.1 cm³/mol. The van der Waals surface area contributed by atoms with E-state index in [1.54, 1.807) is 0 Å². The lowest BCUT2D eigenvalue weighted by Crippen LogP contribution is -2.31. The zero-order valence-corrected chi connectivity index (χ0v) is 11.3. The maximum atomic E-state index is 5.63. The highest BCUT2D eigenvalue weighted by Crippen LogP contribution is 2.16. The lowest BCUT2D eigenvalue weighted by atomic mass is 10.2. The van der Waals surface area contributed by atoms with E-state index in [2.05, 4.69) is 36.2 Å². The first-order valence-corrected chi connectivity index (χ1v) is 6.88. The van der Waals surface area contributed by atoms with Crippen LogP contribution in [0, 0.1) is 6.92 Å². The maximum Gasteiger partial charge on any atom is 0.128 e. The molecular formula is C12H21N3S. The molecule has 0 amide bonds. The molecule has 1 heterocycles. The minimum absolute atomic E-state index is 0.491. The van der Waals surface area contributed by atoms with Crippen LogP contribution >= 0.6 is 11.8 Å². The number of anilines is 1. The van der Waals surface area contributed by atoms with Crippen LogP contribution in [0.2, 0.25) is 0 Å². The van der Waals surface area contributed by atoms with Gasteiger partial charge in [0, 0.05) is 31.1 Å². The van der Waals surface area contributed by atoms with Crippen LogP contribution in [0.3, 0.4) is 0 Å². The predicted octanol–water partition coefficient (Wildman–Crippen LogP) is 2.04. The molecule has 90 valence electrons. The second kappa shape index (κ2) is 6.11.